The topological polar surface area (TPSA) is 80.3 Å². The third-order valence-corrected chi connectivity index (χ3v) is 6.68. The van der Waals surface area contributed by atoms with Crippen molar-refractivity contribution in [2.24, 2.45) is 0 Å². The zero-order chi connectivity index (χ0) is 22.5. The number of ether oxygens (including phenoxy) is 1. The van der Waals surface area contributed by atoms with Crippen molar-refractivity contribution in [3.05, 3.63) is 45.9 Å². The first kappa shape index (κ1) is 24.7. The number of sulfonamides is 1. The number of hydrogen-bond donors (Lipinski definition) is 2. The number of pyridine rings is 1. The summed E-state index contributed by atoms with van der Waals surface area (Å²) in [5, 5.41) is 2.81. The molecule has 2 aromatic rings. The Morgan fingerprint density at radius 3 is 2.63 bits per heavy atom. The monoisotopic (exact) mass is 529 g/mol. The summed E-state index contributed by atoms with van der Waals surface area (Å²) >= 11 is 8.93. The van der Waals surface area contributed by atoms with Gasteiger partial charge in [0.15, 0.2) is 10.9 Å². The van der Waals surface area contributed by atoms with Crippen molar-refractivity contribution in [1.29, 1.82) is 0 Å². The van der Waals surface area contributed by atoms with E-state index < -0.39 is 34.2 Å². The standard InChI is InChI=1S/C18H20BrClF3N3O3S/c1-18(22,23)7-6-13(10-24-12-5-3-4-11(21)8-12)26-30(27,28)15-9-14(29-2)17(20)25-16(15)19/h3-5,8-9,13,24,26H,6-7,10H2,1-2H3/t13-/m1/s1. The Hall–Kier alpha value is -1.56. The normalized spacial score (nSPS) is 13.2. The van der Waals surface area contributed by atoms with Gasteiger partial charge in [-0.25, -0.2) is 31.3 Å². The van der Waals surface area contributed by atoms with Crippen molar-refractivity contribution in [3.63, 3.8) is 0 Å². The van der Waals surface area contributed by atoms with E-state index in [-0.39, 0.29) is 33.4 Å². The second kappa shape index (κ2) is 10.2. The lowest BCUT2D eigenvalue weighted by Crippen LogP contribution is -2.40. The van der Waals surface area contributed by atoms with Gasteiger partial charge in [-0.15, -0.1) is 0 Å². The highest BCUT2D eigenvalue weighted by Crippen LogP contribution is 2.31. The molecule has 1 aromatic heterocycles. The Labute approximate surface area is 186 Å². The van der Waals surface area contributed by atoms with Crippen LogP contribution in [-0.4, -0.2) is 39.0 Å². The Kier molecular flexibility index (Phi) is 8.37. The predicted molar refractivity (Wildman–Crippen MR) is 112 cm³/mol. The molecule has 2 N–H and O–H groups in total. The van der Waals surface area contributed by atoms with Crippen LogP contribution in [0.25, 0.3) is 0 Å². The van der Waals surface area contributed by atoms with E-state index in [1.54, 1.807) is 6.07 Å². The first-order valence-corrected chi connectivity index (χ1v) is 11.4. The number of nitrogens with one attached hydrogen (secondary N) is 2. The molecule has 1 heterocycles. The Morgan fingerprint density at radius 2 is 2.03 bits per heavy atom. The van der Waals surface area contributed by atoms with Crippen LogP contribution in [0.2, 0.25) is 5.15 Å². The zero-order valence-electron chi connectivity index (χ0n) is 16.1. The highest BCUT2D eigenvalue weighted by atomic mass is 79.9. The molecule has 0 fully saturated rings. The largest absolute Gasteiger partial charge is 0.493 e. The molecule has 12 heteroatoms. The van der Waals surface area contributed by atoms with Crippen molar-refractivity contribution in [2.75, 3.05) is 19.0 Å². The Morgan fingerprint density at radius 1 is 1.33 bits per heavy atom. The van der Waals surface area contributed by atoms with E-state index >= 15 is 0 Å². The van der Waals surface area contributed by atoms with Gasteiger partial charge in [0.2, 0.25) is 15.9 Å². The summed E-state index contributed by atoms with van der Waals surface area (Å²) in [6, 6.07) is 5.77. The van der Waals surface area contributed by atoms with Crippen LogP contribution in [-0.2, 0) is 10.0 Å². The molecule has 30 heavy (non-hydrogen) atoms. The van der Waals surface area contributed by atoms with E-state index in [1.807, 2.05) is 0 Å². The molecule has 0 aliphatic heterocycles. The molecule has 6 nitrogen and oxygen atoms in total. The average Bonchev–Trinajstić information content (AvgIpc) is 2.63. The number of halogens is 5. The molecule has 0 spiro atoms. The van der Waals surface area contributed by atoms with Gasteiger partial charge in [0, 0.05) is 30.8 Å². The van der Waals surface area contributed by atoms with Gasteiger partial charge in [-0.1, -0.05) is 17.7 Å². The lowest BCUT2D eigenvalue weighted by Gasteiger charge is -2.22. The van der Waals surface area contributed by atoms with Gasteiger partial charge in [-0.2, -0.15) is 0 Å². The number of alkyl halides is 2. The minimum absolute atomic E-state index is 0.0368. The minimum atomic E-state index is -4.18. The maximum absolute atomic E-state index is 13.4. The molecule has 0 saturated carbocycles. The van der Waals surface area contributed by atoms with Crippen molar-refractivity contribution < 1.29 is 26.3 Å². The SMILES string of the molecule is COc1cc(S(=O)(=O)N[C@H](CCC(C)(F)F)CNc2cccc(F)c2)c(Br)nc1Cl. The van der Waals surface area contributed by atoms with Crippen LogP contribution in [0, 0.1) is 5.82 Å². The average molecular weight is 531 g/mol. The fraction of sp³-hybridized carbons (Fsp3) is 0.389. The van der Waals surface area contributed by atoms with Crippen molar-refractivity contribution in [2.45, 2.75) is 36.6 Å². The van der Waals surface area contributed by atoms with E-state index in [0.717, 1.165) is 6.92 Å². The quantitative estimate of drug-likeness (QED) is 0.430. The summed E-state index contributed by atoms with van der Waals surface area (Å²) in [6.07, 6.45) is -0.713. The number of nitrogens with zero attached hydrogens (tertiary/aromatic N) is 1. The highest BCUT2D eigenvalue weighted by Gasteiger charge is 2.28. The second-order valence-corrected chi connectivity index (χ2v) is 9.38. The molecule has 166 valence electrons. The number of rotatable bonds is 10. The van der Waals surface area contributed by atoms with E-state index in [1.165, 1.54) is 31.4 Å². The van der Waals surface area contributed by atoms with Crippen LogP contribution in [0.15, 0.2) is 39.8 Å². The Bertz CT molecular complexity index is 990. The van der Waals surface area contributed by atoms with Crippen LogP contribution in [0.3, 0.4) is 0 Å². The van der Waals surface area contributed by atoms with Crippen LogP contribution >= 0.6 is 27.5 Å². The Balaban J connectivity index is 2.24. The molecule has 0 bridgehead atoms. The number of aromatic nitrogens is 1. The summed E-state index contributed by atoms with van der Waals surface area (Å²) in [5.41, 5.74) is 0.387. The summed E-state index contributed by atoms with van der Waals surface area (Å²) in [5.74, 6) is -3.43. The maximum Gasteiger partial charge on any atom is 0.245 e. The fourth-order valence-electron chi connectivity index (χ4n) is 2.52. The first-order chi connectivity index (χ1) is 13.9. The molecule has 0 unspecified atom stereocenters. The molecular formula is C18H20BrClF3N3O3S. The van der Waals surface area contributed by atoms with Crippen LogP contribution in [0.5, 0.6) is 5.75 Å². The van der Waals surface area contributed by atoms with Crippen LogP contribution < -0.4 is 14.8 Å². The van der Waals surface area contributed by atoms with Gasteiger partial charge < -0.3 is 10.1 Å². The third-order valence-electron chi connectivity index (χ3n) is 4.01. The zero-order valence-corrected chi connectivity index (χ0v) is 19.2. The molecule has 0 aliphatic rings. The van der Waals surface area contributed by atoms with Crippen molar-refractivity contribution >= 4 is 43.2 Å². The smallest absolute Gasteiger partial charge is 0.245 e. The van der Waals surface area contributed by atoms with Crippen LogP contribution in [0.4, 0.5) is 18.9 Å². The van der Waals surface area contributed by atoms with E-state index in [9.17, 15) is 21.6 Å². The molecule has 0 amide bonds. The number of benzene rings is 1. The number of hydrogen-bond acceptors (Lipinski definition) is 5. The van der Waals surface area contributed by atoms with Gasteiger partial charge in [-0.05, 0) is 47.5 Å². The minimum Gasteiger partial charge on any atom is -0.493 e. The lowest BCUT2D eigenvalue weighted by molar-refractivity contribution is 0.00914. The summed E-state index contributed by atoms with van der Waals surface area (Å²) in [4.78, 5) is 3.61. The van der Waals surface area contributed by atoms with Gasteiger partial charge >= 0.3 is 0 Å². The third kappa shape index (κ3) is 7.29. The summed E-state index contributed by atoms with van der Waals surface area (Å²) in [7, 11) is -2.88. The number of methoxy groups -OCH3 is 1. The molecule has 0 aliphatic carbocycles. The van der Waals surface area contributed by atoms with E-state index in [0.29, 0.717) is 5.69 Å². The predicted octanol–water partition coefficient (Wildman–Crippen LogP) is 4.84. The molecule has 0 saturated heterocycles. The molecule has 1 aromatic carbocycles. The summed E-state index contributed by atoms with van der Waals surface area (Å²) in [6.45, 7) is 0.706. The van der Waals surface area contributed by atoms with E-state index in [2.05, 4.69) is 31.0 Å². The molecule has 0 radical (unpaired) electrons. The molecule has 1 atom stereocenters. The lowest BCUT2D eigenvalue weighted by atomic mass is 10.1. The van der Waals surface area contributed by atoms with Gasteiger partial charge in [-0.3, -0.25) is 0 Å². The summed E-state index contributed by atoms with van der Waals surface area (Å²) < 4.78 is 73.2. The van der Waals surface area contributed by atoms with Crippen LogP contribution in [0.1, 0.15) is 19.8 Å². The first-order valence-electron chi connectivity index (χ1n) is 8.71. The van der Waals surface area contributed by atoms with Gasteiger partial charge in [0.25, 0.3) is 0 Å². The maximum atomic E-state index is 13.4. The fourth-order valence-corrected chi connectivity index (χ4v) is 5.06. The highest BCUT2D eigenvalue weighted by molar-refractivity contribution is 9.10. The van der Waals surface area contributed by atoms with E-state index in [4.69, 9.17) is 16.3 Å². The van der Waals surface area contributed by atoms with Gasteiger partial charge in [0.1, 0.15) is 15.3 Å². The molecule has 2 rings (SSSR count). The second-order valence-electron chi connectivity index (χ2n) is 6.59. The van der Waals surface area contributed by atoms with Gasteiger partial charge in [0.05, 0.1) is 7.11 Å². The molecular weight excluding hydrogens is 511 g/mol. The van der Waals surface area contributed by atoms with Crippen molar-refractivity contribution in [1.82, 2.24) is 9.71 Å². The number of anilines is 1. The van der Waals surface area contributed by atoms with Crippen molar-refractivity contribution in [3.8, 4) is 5.75 Å².